The molecule has 0 bridgehead atoms. The number of rotatable bonds is 6. The van der Waals surface area contributed by atoms with Gasteiger partial charge in [-0.2, -0.15) is 0 Å². The molecule has 3 aromatic rings. The number of nitrogens with one attached hydrogen (secondary N) is 1. The van der Waals surface area contributed by atoms with Crippen LogP contribution in [-0.2, 0) is 11.2 Å². The van der Waals surface area contributed by atoms with E-state index in [-0.39, 0.29) is 23.6 Å². The van der Waals surface area contributed by atoms with Crippen molar-refractivity contribution in [2.45, 2.75) is 19.4 Å². The molecular weight excluding hydrogens is 403 g/mol. The highest BCUT2D eigenvalue weighted by Crippen LogP contribution is 2.42. The van der Waals surface area contributed by atoms with E-state index in [0.29, 0.717) is 29.2 Å². The van der Waals surface area contributed by atoms with Gasteiger partial charge in [-0.05, 0) is 48.9 Å². The lowest BCUT2D eigenvalue weighted by molar-refractivity contribution is -0.116. The summed E-state index contributed by atoms with van der Waals surface area (Å²) in [4.78, 5) is 29.1. The number of amides is 1. The lowest BCUT2D eigenvalue weighted by atomic mass is 10.0. The van der Waals surface area contributed by atoms with Crippen LogP contribution >= 0.6 is 11.3 Å². The molecule has 30 heavy (non-hydrogen) atoms. The largest absolute Gasteiger partial charge is 0.487 e. The average molecular weight is 422 g/mol. The molecule has 1 aliphatic rings. The first-order chi connectivity index (χ1) is 14.5. The molecule has 0 spiro atoms. The molecule has 0 radical (unpaired) electrons. The minimum absolute atomic E-state index is 0.0276. The standard InChI is InChI=1S/C23H19FN2O3S/c1-14(27)20-5-6-21(30-20)19-11-17(24)9-16-10-18(29-23(16)19)13-26-22(28)7-4-15-3-2-8-25-12-15/h2-9,11-12,18H,10,13H2,1H3,(H,26,28). The SMILES string of the molecule is CC(=O)c1ccc(-c2cc(F)cc3c2OC(CNC(=O)C=Cc2cccnc2)C3)s1. The molecule has 0 aliphatic carbocycles. The minimum Gasteiger partial charge on any atom is -0.487 e. The summed E-state index contributed by atoms with van der Waals surface area (Å²) < 4.78 is 20.2. The first-order valence-corrected chi connectivity index (χ1v) is 10.3. The van der Waals surface area contributed by atoms with Crippen molar-refractivity contribution in [1.82, 2.24) is 10.3 Å². The van der Waals surface area contributed by atoms with E-state index in [9.17, 15) is 14.0 Å². The molecule has 0 saturated heterocycles. The Hall–Kier alpha value is -3.32. The Labute approximate surface area is 177 Å². The smallest absolute Gasteiger partial charge is 0.244 e. The van der Waals surface area contributed by atoms with Crippen molar-refractivity contribution in [2.75, 3.05) is 6.54 Å². The Morgan fingerprint density at radius 3 is 2.93 bits per heavy atom. The zero-order valence-electron chi connectivity index (χ0n) is 16.2. The van der Waals surface area contributed by atoms with Gasteiger partial charge >= 0.3 is 0 Å². The van der Waals surface area contributed by atoms with E-state index >= 15 is 0 Å². The van der Waals surface area contributed by atoms with E-state index in [1.165, 1.54) is 36.5 Å². The molecule has 5 nitrogen and oxygen atoms in total. The number of thiophene rings is 1. The number of nitrogens with zero attached hydrogens (tertiary/aromatic N) is 1. The molecule has 1 unspecified atom stereocenters. The summed E-state index contributed by atoms with van der Waals surface area (Å²) >= 11 is 1.31. The van der Waals surface area contributed by atoms with Gasteiger partial charge in [0.15, 0.2) is 5.78 Å². The maximum absolute atomic E-state index is 14.2. The Morgan fingerprint density at radius 1 is 1.33 bits per heavy atom. The van der Waals surface area contributed by atoms with Gasteiger partial charge in [0.2, 0.25) is 5.91 Å². The van der Waals surface area contributed by atoms with Crippen LogP contribution in [0, 0.1) is 5.82 Å². The highest BCUT2D eigenvalue weighted by atomic mass is 32.1. The van der Waals surface area contributed by atoms with Crippen LogP contribution in [0.2, 0.25) is 0 Å². The molecule has 1 aromatic carbocycles. The topological polar surface area (TPSA) is 68.3 Å². The van der Waals surface area contributed by atoms with Crippen molar-refractivity contribution in [3.8, 4) is 16.2 Å². The van der Waals surface area contributed by atoms with E-state index < -0.39 is 0 Å². The molecule has 0 saturated carbocycles. The third kappa shape index (κ3) is 4.46. The van der Waals surface area contributed by atoms with Crippen LogP contribution in [0.4, 0.5) is 4.39 Å². The normalized spacial score (nSPS) is 15.1. The zero-order valence-corrected chi connectivity index (χ0v) is 17.0. The van der Waals surface area contributed by atoms with Crippen molar-refractivity contribution >= 4 is 29.1 Å². The fourth-order valence-corrected chi connectivity index (χ4v) is 4.20. The number of aromatic nitrogens is 1. The Kier molecular flexibility index (Phi) is 5.72. The van der Waals surface area contributed by atoms with Gasteiger partial charge in [-0.25, -0.2) is 4.39 Å². The number of ether oxygens (including phenoxy) is 1. The number of ketones is 1. The molecule has 1 atom stereocenters. The highest BCUT2D eigenvalue weighted by Gasteiger charge is 2.27. The van der Waals surface area contributed by atoms with E-state index in [0.717, 1.165) is 16.0 Å². The number of pyridine rings is 1. The number of hydrogen-bond acceptors (Lipinski definition) is 5. The molecule has 4 rings (SSSR count). The van der Waals surface area contributed by atoms with Gasteiger partial charge in [0.25, 0.3) is 0 Å². The predicted octanol–water partition coefficient (Wildman–Crippen LogP) is 4.28. The Bertz CT molecular complexity index is 1120. The summed E-state index contributed by atoms with van der Waals surface area (Å²) in [7, 11) is 0. The third-order valence-electron chi connectivity index (χ3n) is 4.70. The molecule has 1 N–H and O–H groups in total. The first-order valence-electron chi connectivity index (χ1n) is 9.46. The number of carbonyl (C=O) groups is 2. The summed E-state index contributed by atoms with van der Waals surface area (Å²) in [6, 6.07) is 10.1. The van der Waals surface area contributed by atoms with Crippen molar-refractivity contribution in [1.29, 1.82) is 0 Å². The van der Waals surface area contributed by atoms with E-state index in [1.54, 1.807) is 36.7 Å². The fraction of sp³-hybridized carbons (Fsp3) is 0.174. The van der Waals surface area contributed by atoms with Crippen LogP contribution in [0.1, 0.15) is 27.7 Å². The summed E-state index contributed by atoms with van der Waals surface area (Å²) in [5.74, 6) is -0.0120. The second-order valence-electron chi connectivity index (χ2n) is 6.97. The van der Waals surface area contributed by atoms with Gasteiger partial charge in [0.05, 0.1) is 11.4 Å². The third-order valence-corrected chi connectivity index (χ3v) is 5.92. The van der Waals surface area contributed by atoms with Gasteiger partial charge in [0, 0.05) is 40.9 Å². The van der Waals surface area contributed by atoms with Crippen molar-refractivity contribution in [3.05, 3.63) is 76.7 Å². The van der Waals surface area contributed by atoms with Crippen LogP contribution < -0.4 is 10.1 Å². The maximum Gasteiger partial charge on any atom is 0.244 e. The van der Waals surface area contributed by atoms with Gasteiger partial charge in [-0.15, -0.1) is 11.3 Å². The number of fused-ring (bicyclic) bond motifs is 1. The summed E-state index contributed by atoms with van der Waals surface area (Å²) in [5.41, 5.74) is 2.22. The van der Waals surface area contributed by atoms with Gasteiger partial charge in [-0.1, -0.05) is 6.07 Å². The lowest BCUT2D eigenvalue weighted by Crippen LogP contribution is -2.33. The lowest BCUT2D eigenvalue weighted by Gasteiger charge is -2.12. The van der Waals surface area contributed by atoms with Gasteiger partial charge in [0.1, 0.15) is 17.7 Å². The van der Waals surface area contributed by atoms with Crippen LogP contribution in [0.5, 0.6) is 5.75 Å². The zero-order chi connectivity index (χ0) is 21.1. The Morgan fingerprint density at radius 2 is 2.20 bits per heavy atom. The number of hydrogen-bond donors (Lipinski definition) is 1. The summed E-state index contributed by atoms with van der Waals surface area (Å²) in [5, 5.41) is 2.82. The molecule has 3 heterocycles. The van der Waals surface area contributed by atoms with E-state index in [4.69, 9.17) is 4.74 Å². The maximum atomic E-state index is 14.2. The number of carbonyl (C=O) groups excluding carboxylic acids is 2. The molecule has 2 aromatic heterocycles. The number of benzene rings is 1. The quantitative estimate of drug-likeness (QED) is 0.475. The molecular formula is C23H19FN2O3S. The highest BCUT2D eigenvalue weighted by molar-refractivity contribution is 7.17. The molecule has 7 heteroatoms. The van der Waals surface area contributed by atoms with Crippen LogP contribution in [0.3, 0.4) is 0 Å². The number of halogens is 1. The van der Waals surface area contributed by atoms with Crippen molar-refractivity contribution < 1.29 is 18.7 Å². The summed E-state index contributed by atoms with van der Waals surface area (Å²) in [6.07, 6.45) is 6.67. The van der Waals surface area contributed by atoms with Crippen molar-refractivity contribution in [2.24, 2.45) is 0 Å². The monoisotopic (exact) mass is 422 g/mol. The molecule has 1 amide bonds. The Balaban J connectivity index is 1.43. The second-order valence-corrected chi connectivity index (χ2v) is 8.05. The van der Waals surface area contributed by atoms with Gasteiger partial charge < -0.3 is 10.1 Å². The average Bonchev–Trinajstić information content (AvgIpc) is 3.38. The molecule has 1 aliphatic heterocycles. The van der Waals surface area contributed by atoms with Gasteiger partial charge in [-0.3, -0.25) is 14.6 Å². The van der Waals surface area contributed by atoms with Crippen molar-refractivity contribution in [3.63, 3.8) is 0 Å². The fourth-order valence-electron chi connectivity index (χ4n) is 3.28. The first kappa shape index (κ1) is 20.0. The van der Waals surface area contributed by atoms with Crippen LogP contribution in [-0.4, -0.2) is 29.3 Å². The van der Waals surface area contributed by atoms with E-state index in [1.807, 2.05) is 6.07 Å². The van der Waals surface area contributed by atoms with Crippen LogP contribution in [0.15, 0.2) is 54.9 Å². The second kappa shape index (κ2) is 8.59. The van der Waals surface area contributed by atoms with Crippen LogP contribution in [0.25, 0.3) is 16.5 Å². The minimum atomic E-state index is -0.353. The predicted molar refractivity (Wildman–Crippen MR) is 114 cm³/mol. The molecule has 0 fully saturated rings. The summed E-state index contributed by atoms with van der Waals surface area (Å²) in [6.45, 7) is 1.80. The van der Waals surface area contributed by atoms with E-state index in [2.05, 4.69) is 10.3 Å². The molecule has 152 valence electrons. The number of Topliss-reactive ketones (excluding diaryl/α,β-unsaturated/α-hetero) is 1.